The Morgan fingerprint density at radius 1 is 0.381 bits per heavy atom. The van der Waals surface area contributed by atoms with E-state index in [0.717, 1.165) is 56.6 Å². The summed E-state index contributed by atoms with van der Waals surface area (Å²) in [5.41, 5.74) is 23.9. The molecule has 63 heavy (non-hydrogen) atoms. The van der Waals surface area contributed by atoms with Gasteiger partial charge in [-0.25, -0.2) is 4.70 Å². The average Bonchev–Trinajstić information content (AvgIpc) is 3.62. The third-order valence-corrected chi connectivity index (χ3v) is 12.4. The normalized spacial score (nSPS) is 12.1. The number of aryl methyl sites for hydroxylation is 4. The van der Waals surface area contributed by atoms with Crippen LogP contribution in [-0.4, -0.2) is 31.9 Å². The molecule has 4 nitrogen and oxygen atoms in total. The zero-order chi connectivity index (χ0) is 45.5. The van der Waals surface area contributed by atoms with Crippen LogP contribution in [0.4, 0.5) is 0 Å². The summed E-state index contributed by atoms with van der Waals surface area (Å²) >= 11 is 0. The van der Waals surface area contributed by atoms with E-state index in [-0.39, 0.29) is 16.5 Å². The minimum atomic E-state index is 0. The van der Waals surface area contributed by atoms with Crippen molar-refractivity contribution in [2.75, 3.05) is 27.2 Å². The summed E-state index contributed by atoms with van der Waals surface area (Å²) < 4.78 is 1.61. The topological polar surface area (TPSA) is 53.5 Å². The predicted octanol–water partition coefficient (Wildman–Crippen LogP) is 19.3. The first-order chi connectivity index (χ1) is 30.4. The maximum Gasteiger partial charge on any atom is 2.00 e. The van der Waals surface area contributed by atoms with E-state index in [1.165, 1.54) is 206 Å². The van der Waals surface area contributed by atoms with E-state index in [2.05, 4.69) is 87.7 Å². The second kappa shape index (κ2) is 42.6. The molecule has 0 radical (unpaired) electrons. The van der Waals surface area contributed by atoms with Crippen molar-refractivity contribution in [2.24, 2.45) is 0 Å². The molecular weight excluding hydrogens is 811 g/mol. The summed E-state index contributed by atoms with van der Waals surface area (Å²) in [5.74, 6) is 0. The van der Waals surface area contributed by atoms with E-state index in [9.17, 15) is 5.53 Å². The molecule has 1 heterocycles. The Hall–Kier alpha value is -2.07. The molecule has 0 bridgehead atoms. The predicted molar refractivity (Wildman–Crippen MR) is 279 cm³/mol. The Balaban J connectivity index is 0.00000392. The van der Waals surface area contributed by atoms with Gasteiger partial charge >= 0.3 is 16.5 Å². The maximum absolute atomic E-state index is 12.4. The summed E-state index contributed by atoms with van der Waals surface area (Å²) in [5, 5.41) is 7.47. The monoisotopic (exact) mass is 911 g/mol. The van der Waals surface area contributed by atoms with Crippen LogP contribution in [0.5, 0.6) is 0 Å². The van der Waals surface area contributed by atoms with E-state index >= 15 is 0 Å². The number of hydrogen-bond donors (Lipinski definition) is 0. The average molecular weight is 912 g/mol. The summed E-state index contributed by atoms with van der Waals surface area (Å²) in [6.07, 6.45) is 41.7. The molecule has 0 spiro atoms. The fraction of sp³-hybridized carbons (Fsp3) is 0.724. The molecule has 2 aromatic carbocycles. The summed E-state index contributed by atoms with van der Waals surface area (Å²) in [4.78, 5) is 0. The van der Waals surface area contributed by atoms with Crippen LogP contribution in [0.25, 0.3) is 27.6 Å². The molecule has 362 valence electrons. The Kier molecular flexibility index (Phi) is 41.2. The minimum absolute atomic E-state index is 0. The first-order valence-electron chi connectivity index (χ1n) is 26.7. The number of nitrogens with zero attached hydrogens (tertiary/aromatic N) is 4. The van der Waals surface area contributed by atoms with Crippen LogP contribution in [0.1, 0.15) is 255 Å². The van der Waals surface area contributed by atoms with Gasteiger partial charge in [0.15, 0.2) is 0 Å². The van der Waals surface area contributed by atoms with Gasteiger partial charge in [0.1, 0.15) is 0 Å². The van der Waals surface area contributed by atoms with E-state index in [0.29, 0.717) is 0 Å². The maximum atomic E-state index is 12.4. The van der Waals surface area contributed by atoms with Crippen molar-refractivity contribution in [2.45, 2.75) is 248 Å². The molecule has 0 aromatic heterocycles. The van der Waals surface area contributed by atoms with Crippen LogP contribution in [0.3, 0.4) is 0 Å². The standard InChI is InChI=1S/C52H84N2.2C3H8N.Ni/c1-6-11-16-21-26-31-36-48-43-51(49-39-44(32-27-22-17-12-7-2)37-45(40-49)33-28-23-18-13-8-3)54(53)52(48)50-41-46(34-29-24-19-14-9-4)38-47(42-50)35-30-25-20-15-10-5;2*1-3-4-2;/h37-43H,6-36H2,1-5H3;2*3H2,1-2H3;/q;2*-1;+2. The SMILES string of the molecule is CCCCCCCCC1=C(c2cc(CCCCCCC)cc(CCCCCCC)c2)[N+](=[N-])C(c2cc(CCCCCCC)cc(CCCCCCC)c2)=C1.CC[N-]C.CC[N-]C.[Ni+2]. The van der Waals surface area contributed by atoms with Crippen molar-refractivity contribution < 1.29 is 21.2 Å². The Morgan fingerprint density at radius 3 is 0.952 bits per heavy atom. The third-order valence-electron chi connectivity index (χ3n) is 12.4. The molecule has 1 aliphatic rings. The second-order valence-electron chi connectivity index (χ2n) is 18.2. The van der Waals surface area contributed by atoms with Crippen LogP contribution in [0.15, 0.2) is 48.0 Å². The van der Waals surface area contributed by atoms with E-state index in [4.69, 9.17) is 0 Å². The van der Waals surface area contributed by atoms with Gasteiger partial charge in [0, 0.05) is 22.8 Å². The van der Waals surface area contributed by atoms with E-state index < -0.39 is 0 Å². The smallest absolute Gasteiger partial charge is 0.665 e. The van der Waals surface area contributed by atoms with Gasteiger partial charge in [0.05, 0.1) is 0 Å². The van der Waals surface area contributed by atoms with Crippen LogP contribution >= 0.6 is 0 Å². The molecule has 3 rings (SSSR count). The van der Waals surface area contributed by atoms with Gasteiger partial charge in [-0.1, -0.05) is 195 Å². The van der Waals surface area contributed by atoms with E-state index in [1.54, 1.807) is 18.8 Å². The second-order valence-corrected chi connectivity index (χ2v) is 18.2. The van der Waals surface area contributed by atoms with Gasteiger partial charge in [0.2, 0.25) is 11.4 Å². The van der Waals surface area contributed by atoms with Gasteiger partial charge in [-0.2, -0.15) is 27.2 Å². The number of unbranched alkanes of at least 4 members (excludes halogenated alkanes) is 21. The molecule has 5 heteroatoms. The molecule has 1 aliphatic heterocycles. The molecule has 2 aromatic rings. The molecule has 0 saturated heterocycles. The zero-order valence-corrected chi connectivity index (χ0v) is 44.0. The molecule has 0 saturated carbocycles. The van der Waals surface area contributed by atoms with E-state index in [1.807, 2.05) is 13.8 Å². The van der Waals surface area contributed by atoms with Crippen LogP contribution < -0.4 is 0 Å². The number of hydrogen-bond acceptors (Lipinski definition) is 0. The van der Waals surface area contributed by atoms with Crippen molar-refractivity contribution in [3.8, 4) is 0 Å². The molecule has 0 amide bonds. The largest absolute Gasteiger partial charge is 2.00 e. The molecule has 0 fully saturated rings. The fourth-order valence-electron chi connectivity index (χ4n) is 8.47. The number of benzene rings is 2. The third kappa shape index (κ3) is 28.6. The van der Waals surface area contributed by atoms with Crippen LogP contribution in [0.2, 0.25) is 0 Å². The van der Waals surface area contributed by atoms with Crippen molar-refractivity contribution in [1.82, 2.24) is 0 Å². The van der Waals surface area contributed by atoms with Gasteiger partial charge in [-0.15, -0.1) is 0 Å². The summed E-state index contributed by atoms with van der Waals surface area (Å²) in [7, 11) is 3.61. The van der Waals surface area contributed by atoms with Gasteiger partial charge < -0.3 is 16.2 Å². The van der Waals surface area contributed by atoms with Crippen LogP contribution in [-0.2, 0) is 42.2 Å². The Morgan fingerprint density at radius 2 is 0.651 bits per heavy atom. The molecule has 0 N–H and O–H groups in total. The van der Waals surface area contributed by atoms with Crippen molar-refractivity contribution in [3.63, 3.8) is 0 Å². The number of rotatable bonds is 35. The first-order valence-corrected chi connectivity index (χ1v) is 26.7. The quantitative estimate of drug-likeness (QED) is 0.0376. The first kappa shape index (κ1) is 60.9. The van der Waals surface area contributed by atoms with Crippen molar-refractivity contribution in [1.29, 1.82) is 0 Å². The van der Waals surface area contributed by atoms with Crippen molar-refractivity contribution >= 4 is 11.4 Å². The van der Waals surface area contributed by atoms with Gasteiger partial charge in [-0.05, 0) is 111 Å². The Bertz CT molecular complexity index is 1390. The fourth-order valence-corrected chi connectivity index (χ4v) is 8.47. The minimum Gasteiger partial charge on any atom is -0.665 e. The molecule has 0 unspecified atom stereocenters. The van der Waals surface area contributed by atoms with Gasteiger partial charge in [-0.3, -0.25) is 0 Å². The molecule has 0 aliphatic carbocycles. The summed E-state index contributed by atoms with van der Waals surface area (Å²) in [6.45, 7) is 17.4. The molecule has 0 atom stereocenters. The zero-order valence-electron chi connectivity index (χ0n) is 43.0. The van der Waals surface area contributed by atoms with Gasteiger partial charge in [0.25, 0.3) is 0 Å². The summed E-state index contributed by atoms with van der Waals surface area (Å²) in [6, 6.07) is 14.7. The van der Waals surface area contributed by atoms with Crippen LogP contribution in [0, 0.1) is 0 Å². The molecular formula is C58H100N4Ni. The Labute approximate surface area is 402 Å². The number of allylic oxidation sites excluding steroid dienone is 2. The van der Waals surface area contributed by atoms with Crippen molar-refractivity contribution in [3.05, 3.63) is 97.6 Å².